The van der Waals surface area contributed by atoms with E-state index in [0.717, 1.165) is 50.1 Å². The van der Waals surface area contributed by atoms with Crippen LogP contribution in [0.3, 0.4) is 0 Å². The standard InChI is InChI=1S/C56H36BNO/c1-4-15-38(16-5-1)44-24-13-25-45-46-26-14-28-52(56(46)59-55(44)45)58(42-21-8-3-9-22-42)51-36-32-40-29-33-47-50(35-31-39-30-34-48(51)54(40)53(39)47)57(41-19-6-2-7-20-41)49-27-12-18-37-17-10-11-23-43(37)49/h1-36H. The van der Waals surface area contributed by atoms with Gasteiger partial charge in [0.15, 0.2) is 5.58 Å². The Hall–Kier alpha value is -7.62. The molecule has 0 aliphatic rings. The number of fused-ring (bicyclic) bond motifs is 4. The van der Waals surface area contributed by atoms with Crippen molar-refractivity contribution in [2.45, 2.75) is 0 Å². The summed E-state index contributed by atoms with van der Waals surface area (Å²) in [4.78, 5) is 2.39. The second kappa shape index (κ2) is 13.5. The zero-order valence-corrected chi connectivity index (χ0v) is 32.2. The van der Waals surface area contributed by atoms with Gasteiger partial charge in [0, 0.05) is 27.4 Å². The van der Waals surface area contributed by atoms with Gasteiger partial charge in [0.25, 0.3) is 0 Å². The van der Waals surface area contributed by atoms with Gasteiger partial charge < -0.3 is 9.32 Å². The van der Waals surface area contributed by atoms with Gasteiger partial charge in [-0.1, -0.05) is 211 Å². The molecule has 0 saturated carbocycles. The van der Waals surface area contributed by atoms with Crippen LogP contribution in [0.25, 0.3) is 76.2 Å². The minimum Gasteiger partial charge on any atom is -0.453 e. The average molecular weight is 750 g/mol. The van der Waals surface area contributed by atoms with E-state index in [9.17, 15) is 0 Å². The lowest BCUT2D eigenvalue weighted by molar-refractivity contribution is 0.670. The van der Waals surface area contributed by atoms with Crippen LogP contribution >= 0.6 is 0 Å². The fourth-order valence-corrected chi connectivity index (χ4v) is 9.74. The molecule has 1 heterocycles. The van der Waals surface area contributed by atoms with Crippen molar-refractivity contribution < 1.29 is 4.42 Å². The van der Waals surface area contributed by atoms with Gasteiger partial charge in [-0.25, -0.2) is 0 Å². The molecule has 11 aromatic carbocycles. The van der Waals surface area contributed by atoms with E-state index in [4.69, 9.17) is 4.42 Å². The number of benzene rings is 11. The summed E-state index contributed by atoms with van der Waals surface area (Å²) in [5, 5.41) is 12.2. The molecule has 0 spiro atoms. The van der Waals surface area contributed by atoms with Gasteiger partial charge in [-0.2, -0.15) is 0 Å². The Morgan fingerprint density at radius 2 is 0.915 bits per heavy atom. The molecule has 0 atom stereocenters. The molecule has 12 rings (SSSR count). The van der Waals surface area contributed by atoms with Crippen LogP contribution in [0.5, 0.6) is 0 Å². The smallest absolute Gasteiger partial charge is 0.242 e. The Balaban J connectivity index is 1.12. The van der Waals surface area contributed by atoms with Gasteiger partial charge in [-0.3, -0.25) is 0 Å². The molecule has 0 unspecified atom stereocenters. The third kappa shape index (κ3) is 5.29. The zero-order chi connectivity index (χ0) is 38.9. The monoisotopic (exact) mass is 749 g/mol. The number of para-hydroxylation sites is 3. The van der Waals surface area contributed by atoms with E-state index in [2.05, 4.69) is 223 Å². The SMILES string of the molecule is c1ccc(B(c2cccc3ccccc23)c2ccc3ccc4c(N(c5ccccc5)c5cccc6c5oc5c(-c7ccccc7)cccc56)ccc5ccc2c3c54)cc1. The quantitative estimate of drug-likeness (QED) is 0.119. The first-order valence-corrected chi connectivity index (χ1v) is 20.4. The van der Waals surface area contributed by atoms with E-state index >= 15 is 0 Å². The molecule has 0 fully saturated rings. The molecule has 0 amide bonds. The minimum atomic E-state index is 0.0404. The summed E-state index contributed by atoms with van der Waals surface area (Å²) in [6.07, 6.45) is 0. The van der Waals surface area contributed by atoms with Crippen LogP contribution in [-0.4, -0.2) is 6.71 Å². The molecule has 0 radical (unpaired) electrons. The highest BCUT2D eigenvalue weighted by Gasteiger charge is 2.28. The summed E-state index contributed by atoms with van der Waals surface area (Å²) in [6, 6.07) is 79.4. The van der Waals surface area contributed by atoms with E-state index in [1.807, 2.05) is 0 Å². The first-order valence-electron chi connectivity index (χ1n) is 20.4. The predicted molar refractivity (Wildman–Crippen MR) is 253 cm³/mol. The third-order valence-corrected chi connectivity index (χ3v) is 12.3. The van der Waals surface area contributed by atoms with Crippen molar-refractivity contribution in [3.63, 3.8) is 0 Å². The van der Waals surface area contributed by atoms with Gasteiger partial charge in [0.05, 0.1) is 11.4 Å². The molecule has 0 aliphatic heterocycles. The van der Waals surface area contributed by atoms with Crippen molar-refractivity contribution in [1.29, 1.82) is 0 Å². The molecule has 0 aliphatic carbocycles. The Labute approximate surface area is 342 Å². The first kappa shape index (κ1) is 33.5. The number of hydrogen-bond acceptors (Lipinski definition) is 2. The van der Waals surface area contributed by atoms with Crippen molar-refractivity contribution in [2.24, 2.45) is 0 Å². The molecule has 274 valence electrons. The highest BCUT2D eigenvalue weighted by atomic mass is 16.3. The second-order valence-corrected chi connectivity index (χ2v) is 15.5. The number of nitrogens with zero attached hydrogens (tertiary/aromatic N) is 1. The largest absolute Gasteiger partial charge is 0.453 e. The molecular formula is C56H36BNO. The van der Waals surface area contributed by atoms with Gasteiger partial charge in [-0.05, 0) is 67.5 Å². The number of furan rings is 1. The van der Waals surface area contributed by atoms with Crippen LogP contribution in [-0.2, 0) is 0 Å². The maximum Gasteiger partial charge on any atom is 0.242 e. The summed E-state index contributed by atoms with van der Waals surface area (Å²) >= 11 is 0. The zero-order valence-electron chi connectivity index (χ0n) is 32.2. The molecule has 2 nitrogen and oxygen atoms in total. The lowest BCUT2D eigenvalue weighted by Gasteiger charge is -2.28. The topological polar surface area (TPSA) is 16.4 Å². The molecular weight excluding hydrogens is 713 g/mol. The summed E-state index contributed by atoms with van der Waals surface area (Å²) < 4.78 is 7.03. The van der Waals surface area contributed by atoms with Crippen molar-refractivity contribution in [3.8, 4) is 11.1 Å². The van der Waals surface area contributed by atoms with Crippen LogP contribution in [0.1, 0.15) is 0 Å². The van der Waals surface area contributed by atoms with E-state index in [1.165, 1.54) is 59.5 Å². The van der Waals surface area contributed by atoms with Crippen LogP contribution in [0.4, 0.5) is 17.1 Å². The van der Waals surface area contributed by atoms with Gasteiger partial charge in [0.2, 0.25) is 6.71 Å². The van der Waals surface area contributed by atoms with Crippen LogP contribution in [0.15, 0.2) is 223 Å². The van der Waals surface area contributed by atoms with E-state index < -0.39 is 0 Å². The third-order valence-electron chi connectivity index (χ3n) is 12.3. The molecule has 1 aromatic heterocycles. The molecule has 12 aromatic rings. The maximum atomic E-state index is 7.03. The summed E-state index contributed by atoms with van der Waals surface area (Å²) in [6.45, 7) is 0.0404. The Bertz CT molecular complexity index is 3500. The normalized spacial score (nSPS) is 11.7. The van der Waals surface area contributed by atoms with Crippen LogP contribution in [0, 0.1) is 0 Å². The number of rotatable bonds is 7. The number of anilines is 3. The summed E-state index contributed by atoms with van der Waals surface area (Å²) in [5.41, 5.74) is 11.1. The first-order chi connectivity index (χ1) is 29.3. The predicted octanol–water partition coefficient (Wildman–Crippen LogP) is 13.3. The van der Waals surface area contributed by atoms with Crippen LogP contribution in [0.2, 0.25) is 0 Å². The molecule has 59 heavy (non-hydrogen) atoms. The summed E-state index contributed by atoms with van der Waals surface area (Å²) in [5.74, 6) is 0. The lowest BCUT2D eigenvalue weighted by Crippen LogP contribution is -2.52. The minimum absolute atomic E-state index is 0.0404. The van der Waals surface area contributed by atoms with Gasteiger partial charge in [0.1, 0.15) is 5.58 Å². The fourth-order valence-electron chi connectivity index (χ4n) is 9.74. The van der Waals surface area contributed by atoms with Gasteiger partial charge in [-0.15, -0.1) is 0 Å². The Kier molecular flexibility index (Phi) is 7.67. The Morgan fingerprint density at radius 3 is 1.73 bits per heavy atom. The molecule has 0 saturated heterocycles. The Morgan fingerprint density at radius 1 is 0.339 bits per heavy atom. The number of hydrogen-bond donors (Lipinski definition) is 0. The van der Waals surface area contributed by atoms with E-state index in [-0.39, 0.29) is 6.71 Å². The fraction of sp³-hybridized carbons (Fsp3) is 0. The van der Waals surface area contributed by atoms with Crippen molar-refractivity contribution >= 4 is 105 Å². The average Bonchev–Trinajstić information content (AvgIpc) is 3.70. The van der Waals surface area contributed by atoms with Crippen molar-refractivity contribution in [3.05, 3.63) is 218 Å². The van der Waals surface area contributed by atoms with Crippen molar-refractivity contribution in [1.82, 2.24) is 0 Å². The van der Waals surface area contributed by atoms with Gasteiger partial charge >= 0.3 is 0 Å². The summed E-state index contributed by atoms with van der Waals surface area (Å²) in [7, 11) is 0. The lowest BCUT2D eigenvalue weighted by atomic mass is 9.35. The van der Waals surface area contributed by atoms with Crippen molar-refractivity contribution in [2.75, 3.05) is 4.90 Å². The maximum absolute atomic E-state index is 7.03. The molecule has 0 bridgehead atoms. The van der Waals surface area contributed by atoms with Crippen LogP contribution < -0.4 is 21.3 Å². The van der Waals surface area contributed by atoms with E-state index in [0.29, 0.717) is 0 Å². The molecule has 3 heteroatoms. The molecule has 0 N–H and O–H groups in total. The second-order valence-electron chi connectivity index (χ2n) is 15.5. The highest BCUT2D eigenvalue weighted by molar-refractivity contribution is 6.98. The van der Waals surface area contributed by atoms with E-state index in [1.54, 1.807) is 0 Å². The highest BCUT2D eigenvalue weighted by Crippen LogP contribution is 2.47.